The molecular weight excluding hydrogens is 226 g/mol. The Morgan fingerprint density at radius 3 is 2.60 bits per heavy atom. The van der Waals surface area contributed by atoms with Crippen LogP contribution in [0.1, 0.15) is 44.8 Å². The van der Waals surface area contributed by atoms with E-state index in [4.69, 9.17) is 11.6 Å². The molecule has 0 bridgehead atoms. The summed E-state index contributed by atoms with van der Waals surface area (Å²) in [7, 11) is 0. The fourth-order valence-corrected chi connectivity index (χ4v) is 2.41. The van der Waals surface area contributed by atoms with Crippen molar-refractivity contribution in [1.29, 1.82) is 0 Å². The third-order valence-electron chi connectivity index (χ3n) is 2.43. The number of halogens is 1. The first-order valence-corrected chi connectivity index (χ1v) is 6.85. The van der Waals surface area contributed by atoms with Crippen molar-refractivity contribution in [2.45, 2.75) is 46.0 Å². The molecule has 1 heterocycles. The molecule has 0 aliphatic heterocycles. The number of aromatic nitrogens is 1. The van der Waals surface area contributed by atoms with Crippen molar-refractivity contribution < 1.29 is 0 Å². The Labute approximate surface area is 102 Å². The van der Waals surface area contributed by atoms with E-state index in [0.29, 0.717) is 5.92 Å². The summed E-state index contributed by atoms with van der Waals surface area (Å²) < 4.78 is 0. The minimum Gasteiger partial charge on any atom is -0.246 e. The molecular formula is C12H20ClNS. The van der Waals surface area contributed by atoms with Crippen molar-refractivity contribution >= 4 is 22.9 Å². The van der Waals surface area contributed by atoms with Crippen molar-refractivity contribution in [1.82, 2.24) is 4.98 Å². The molecule has 1 nitrogen and oxygen atoms in total. The van der Waals surface area contributed by atoms with E-state index in [-0.39, 0.29) is 5.41 Å². The standard InChI is InChI=1S/C12H20ClNS/c1-9(7-13)5-6-11-14-10(8-15-11)12(2,3)4/h8-9H,5-7H2,1-4H3. The first-order valence-electron chi connectivity index (χ1n) is 5.44. The van der Waals surface area contributed by atoms with E-state index in [1.54, 1.807) is 11.3 Å². The molecule has 3 heteroatoms. The highest BCUT2D eigenvalue weighted by Gasteiger charge is 2.17. The van der Waals surface area contributed by atoms with Gasteiger partial charge in [-0.2, -0.15) is 0 Å². The minimum atomic E-state index is 0.173. The summed E-state index contributed by atoms with van der Waals surface area (Å²) in [4.78, 5) is 4.66. The minimum absolute atomic E-state index is 0.173. The Morgan fingerprint density at radius 2 is 2.13 bits per heavy atom. The molecule has 1 aromatic rings. The number of nitrogens with zero attached hydrogens (tertiary/aromatic N) is 1. The van der Waals surface area contributed by atoms with Crippen molar-refractivity contribution in [3.63, 3.8) is 0 Å². The molecule has 0 radical (unpaired) electrons. The zero-order valence-electron chi connectivity index (χ0n) is 10.0. The Morgan fingerprint density at radius 1 is 1.47 bits per heavy atom. The lowest BCUT2D eigenvalue weighted by atomic mass is 9.93. The highest BCUT2D eigenvalue weighted by atomic mass is 35.5. The monoisotopic (exact) mass is 245 g/mol. The second-order valence-electron chi connectivity index (χ2n) is 5.17. The summed E-state index contributed by atoms with van der Waals surface area (Å²) in [5.74, 6) is 1.34. The van der Waals surface area contributed by atoms with Gasteiger partial charge in [-0.05, 0) is 18.8 Å². The average Bonchev–Trinajstić information content (AvgIpc) is 2.61. The third kappa shape index (κ3) is 4.12. The molecule has 0 saturated carbocycles. The first kappa shape index (κ1) is 13.0. The maximum atomic E-state index is 5.78. The second kappa shape index (κ2) is 5.31. The van der Waals surface area contributed by atoms with Crippen LogP contribution in [0, 0.1) is 5.92 Å². The van der Waals surface area contributed by atoms with Crippen molar-refractivity contribution in [2.24, 2.45) is 5.92 Å². The predicted molar refractivity (Wildman–Crippen MR) is 69.0 cm³/mol. The molecule has 15 heavy (non-hydrogen) atoms. The molecule has 1 aromatic heterocycles. The van der Waals surface area contributed by atoms with Gasteiger partial charge >= 0.3 is 0 Å². The van der Waals surface area contributed by atoms with E-state index in [1.165, 1.54) is 10.7 Å². The van der Waals surface area contributed by atoms with Gasteiger partial charge < -0.3 is 0 Å². The summed E-state index contributed by atoms with van der Waals surface area (Å²) in [6, 6.07) is 0. The maximum absolute atomic E-state index is 5.78. The number of thiazole rings is 1. The zero-order valence-corrected chi connectivity index (χ0v) is 11.6. The maximum Gasteiger partial charge on any atom is 0.0928 e. The molecule has 0 spiro atoms. The van der Waals surface area contributed by atoms with Crippen LogP contribution in [0.15, 0.2) is 5.38 Å². The third-order valence-corrected chi connectivity index (χ3v) is 3.87. The number of rotatable bonds is 4. The number of aryl methyl sites for hydroxylation is 1. The van der Waals surface area contributed by atoms with E-state index < -0.39 is 0 Å². The highest BCUT2D eigenvalue weighted by molar-refractivity contribution is 7.09. The highest BCUT2D eigenvalue weighted by Crippen LogP contribution is 2.24. The molecule has 0 N–H and O–H groups in total. The van der Waals surface area contributed by atoms with Gasteiger partial charge in [0.2, 0.25) is 0 Å². The summed E-state index contributed by atoms with van der Waals surface area (Å²) in [6.07, 6.45) is 2.20. The van der Waals surface area contributed by atoms with Crippen LogP contribution < -0.4 is 0 Å². The van der Waals surface area contributed by atoms with Crippen LogP contribution in [0.4, 0.5) is 0 Å². The van der Waals surface area contributed by atoms with Crippen LogP contribution in [0.2, 0.25) is 0 Å². The van der Waals surface area contributed by atoms with Gasteiger partial charge in [-0.3, -0.25) is 0 Å². The molecule has 1 atom stereocenters. The summed E-state index contributed by atoms with van der Waals surface area (Å²) >= 11 is 7.55. The molecule has 0 fully saturated rings. The SMILES string of the molecule is CC(CCl)CCc1nc(C(C)(C)C)cs1. The van der Waals surface area contributed by atoms with Gasteiger partial charge in [0.25, 0.3) is 0 Å². The molecule has 1 unspecified atom stereocenters. The quantitative estimate of drug-likeness (QED) is 0.723. The normalized spacial score (nSPS) is 14.2. The van der Waals surface area contributed by atoms with Crippen molar-refractivity contribution in [2.75, 3.05) is 5.88 Å². The molecule has 1 rings (SSSR count). The van der Waals surface area contributed by atoms with E-state index in [1.807, 2.05) is 0 Å². The Hall–Kier alpha value is -0.0800. The summed E-state index contributed by atoms with van der Waals surface area (Å²) in [6.45, 7) is 8.79. The molecule has 86 valence electrons. The van der Waals surface area contributed by atoms with E-state index in [2.05, 4.69) is 38.1 Å². The van der Waals surface area contributed by atoms with Crippen LogP contribution in [-0.2, 0) is 11.8 Å². The van der Waals surface area contributed by atoms with E-state index >= 15 is 0 Å². The van der Waals surface area contributed by atoms with Crippen molar-refractivity contribution in [3.8, 4) is 0 Å². The lowest BCUT2D eigenvalue weighted by Gasteiger charge is -2.14. The van der Waals surface area contributed by atoms with Gasteiger partial charge in [0.1, 0.15) is 0 Å². The van der Waals surface area contributed by atoms with Crippen LogP contribution in [0.3, 0.4) is 0 Å². The summed E-state index contributed by atoms with van der Waals surface area (Å²) in [5, 5.41) is 3.43. The van der Waals surface area contributed by atoms with Crippen LogP contribution in [0.25, 0.3) is 0 Å². The Kier molecular flexibility index (Phi) is 4.60. The predicted octanol–water partition coefficient (Wildman–Crippen LogP) is 4.25. The van der Waals surface area contributed by atoms with Gasteiger partial charge in [-0.15, -0.1) is 22.9 Å². The fourth-order valence-electron chi connectivity index (χ4n) is 1.22. The summed E-state index contributed by atoms with van der Waals surface area (Å²) in [5.41, 5.74) is 1.38. The molecule has 0 aromatic carbocycles. The molecule has 0 aliphatic carbocycles. The number of hydrogen-bond acceptors (Lipinski definition) is 2. The smallest absolute Gasteiger partial charge is 0.0928 e. The Balaban J connectivity index is 2.54. The molecule has 0 amide bonds. The van der Waals surface area contributed by atoms with Gasteiger partial charge in [0, 0.05) is 16.7 Å². The lowest BCUT2D eigenvalue weighted by molar-refractivity contribution is 0.563. The van der Waals surface area contributed by atoms with Gasteiger partial charge in [-0.25, -0.2) is 4.98 Å². The van der Waals surface area contributed by atoms with Crippen LogP contribution in [0.5, 0.6) is 0 Å². The second-order valence-corrected chi connectivity index (χ2v) is 6.43. The fraction of sp³-hybridized carbons (Fsp3) is 0.750. The zero-order chi connectivity index (χ0) is 11.5. The Bertz CT molecular complexity index is 301. The lowest BCUT2D eigenvalue weighted by Crippen LogP contribution is -2.11. The number of alkyl halides is 1. The number of hydrogen-bond donors (Lipinski definition) is 0. The van der Waals surface area contributed by atoms with Gasteiger partial charge in [0.15, 0.2) is 0 Å². The van der Waals surface area contributed by atoms with Gasteiger partial charge in [-0.1, -0.05) is 27.7 Å². The molecule has 0 aliphatic rings. The molecule has 0 saturated heterocycles. The van der Waals surface area contributed by atoms with E-state index in [0.717, 1.165) is 18.7 Å². The van der Waals surface area contributed by atoms with Crippen molar-refractivity contribution in [3.05, 3.63) is 16.1 Å². The van der Waals surface area contributed by atoms with Gasteiger partial charge in [0.05, 0.1) is 10.7 Å². The van der Waals surface area contributed by atoms with Crippen LogP contribution in [-0.4, -0.2) is 10.9 Å². The average molecular weight is 246 g/mol. The topological polar surface area (TPSA) is 12.9 Å². The largest absolute Gasteiger partial charge is 0.246 e. The van der Waals surface area contributed by atoms with E-state index in [9.17, 15) is 0 Å². The van der Waals surface area contributed by atoms with Crippen LogP contribution >= 0.6 is 22.9 Å². The first-order chi connectivity index (χ1) is 6.93.